The van der Waals surface area contributed by atoms with E-state index < -0.39 is 0 Å². The molecular weight excluding hydrogens is 228 g/mol. The highest BCUT2D eigenvalue weighted by Gasteiger charge is 2.23. The Morgan fingerprint density at radius 2 is 1.88 bits per heavy atom. The molecule has 0 saturated heterocycles. The van der Waals surface area contributed by atoms with E-state index in [0.29, 0.717) is 4.75 Å². The SMILES string of the molecule is CCC(CC)(CNCCc1ccncc1)SC. The monoisotopic (exact) mass is 252 g/mol. The maximum Gasteiger partial charge on any atom is 0.0276 e. The van der Waals surface area contributed by atoms with Crippen LogP contribution < -0.4 is 5.32 Å². The predicted molar refractivity (Wildman–Crippen MR) is 77.6 cm³/mol. The van der Waals surface area contributed by atoms with Crippen LogP contribution in [-0.4, -0.2) is 29.1 Å². The summed E-state index contributed by atoms with van der Waals surface area (Å²) in [7, 11) is 0. The molecule has 2 nitrogen and oxygen atoms in total. The molecule has 0 saturated carbocycles. The van der Waals surface area contributed by atoms with Gasteiger partial charge >= 0.3 is 0 Å². The summed E-state index contributed by atoms with van der Waals surface area (Å²) in [6, 6.07) is 4.17. The maximum absolute atomic E-state index is 4.03. The second-order valence-corrected chi connectivity index (χ2v) is 5.65. The van der Waals surface area contributed by atoms with Crippen molar-refractivity contribution in [3.05, 3.63) is 30.1 Å². The van der Waals surface area contributed by atoms with Crippen molar-refractivity contribution < 1.29 is 0 Å². The van der Waals surface area contributed by atoms with Gasteiger partial charge in [-0.2, -0.15) is 11.8 Å². The van der Waals surface area contributed by atoms with E-state index >= 15 is 0 Å². The average Bonchev–Trinajstić information content (AvgIpc) is 2.41. The number of aromatic nitrogens is 1. The van der Waals surface area contributed by atoms with E-state index in [1.165, 1.54) is 18.4 Å². The molecule has 3 heteroatoms. The smallest absolute Gasteiger partial charge is 0.0276 e. The van der Waals surface area contributed by atoms with E-state index in [4.69, 9.17) is 0 Å². The van der Waals surface area contributed by atoms with Gasteiger partial charge in [0.05, 0.1) is 0 Å². The second-order valence-electron chi connectivity index (χ2n) is 4.38. The van der Waals surface area contributed by atoms with Crippen molar-refractivity contribution in [2.24, 2.45) is 0 Å². The first-order chi connectivity index (χ1) is 8.26. The van der Waals surface area contributed by atoms with Gasteiger partial charge in [0, 0.05) is 23.7 Å². The molecule has 0 atom stereocenters. The Morgan fingerprint density at radius 3 is 2.41 bits per heavy atom. The zero-order valence-electron chi connectivity index (χ0n) is 11.2. The van der Waals surface area contributed by atoms with E-state index in [-0.39, 0.29) is 0 Å². The normalized spacial score (nSPS) is 11.7. The number of hydrogen-bond acceptors (Lipinski definition) is 3. The fourth-order valence-corrected chi connectivity index (χ4v) is 2.78. The van der Waals surface area contributed by atoms with Crippen molar-refractivity contribution in [1.29, 1.82) is 0 Å². The topological polar surface area (TPSA) is 24.9 Å². The van der Waals surface area contributed by atoms with Crippen LogP contribution >= 0.6 is 11.8 Å². The molecule has 96 valence electrons. The molecule has 1 aromatic heterocycles. The summed E-state index contributed by atoms with van der Waals surface area (Å²) in [4.78, 5) is 4.03. The number of nitrogens with zero attached hydrogens (tertiary/aromatic N) is 1. The highest BCUT2D eigenvalue weighted by molar-refractivity contribution is 8.00. The van der Waals surface area contributed by atoms with Crippen molar-refractivity contribution in [1.82, 2.24) is 10.3 Å². The molecule has 0 unspecified atom stereocenters. The molecule has 0 bridgehead atoms. The lowest BCUT2D eigenvalue weighted by Crippen LogP contribution is -2.37. The molecule has 0 aliphatic rings. The van der Waals surface area contributed by atoms with Crippen molar-refractivity contribution in [3.63, 3.8) is 0 Å². The van der Waals surface area contributed by atoms with Crippen LogP contribution in [0.25, 0.3) is 0 Å². The lowest BCUT2D eigenvalue weighted by molar-refractivity contribution is 0.497. The number of hydrogen-bond donors (Lipinski definition) is 1. The zero-order chi connectivity index (χ0) is 12.6. The van der Waals surface area contributed by atoms with E-state index in [9.17, 15) is 0 Å². The Hall–Kier alpha value is -0.540. The average molecular weight is 252 g/mol. The minimum absolute atomic E-state index is 0.415. The molecule has 1 N–H and O–H groups in total. The molecule has 1 heterocycles. The Balaban J connectivity index is 2.28. The van der Waals surface area contributed by atoms with Gasteiger partial charge in [0.15, 0.2) is 0 Å². The van der Waals surface area contributed by atoms with Crippen LogP contribution in [-0.2, 0) is 6.42 Å². The molecule has 0 fully saturated rings. The quantitative estimate of drug-likeness (QED) is 0.720. The van der Waals surface area contributed by atoms with Crippen LogP contribution in [0.4, 0.5) is 0 Å². The van der Waals surface area contributed by atoms with Crippen LogP contribution in [0, 0.1) is 0 Å². The van der Waals surface area contributed by atoms with Crippen molar-refractivity contribution in [3.8, 4) is 0 Å². The Bertz CT molecular complexity index is 288. The molecule has 0 spiro atoms. The second kappa shape index (κ2) is 7.72. The van der Waals surface area contributed by atoms with Gasteiger partial charge < -0.3 is 5.32 Å². The van der Waals surface area contributed by atoms with Gasteiger partial charge in [0.25, 0.3) is 0 Å². The third kappa shape index (κ3) is 4.68. The van der Waals surface area contributed by atoms with Gasteiger partial charge in [-0.1, -0.05) is 13.8 Å². The zero-order valence-corrected chi connectivity index (χ0v) is 12.0. The summed E-state index contributed by atoms with van der Waals surface area (Å²) < 4.78 is 0.415. The van der Waals surface area contributed by atoms with Gasteiger partial charge in [0.2, 0.25) is 0 Å². The standard InChI is InChI=1S/C14H24N2S/c1-4-14(5-2,17-3)12-16-11-8-13-6-9-15-10-7-13/h6-7,9-10,16H,4-5,8,11-12H2,1-3H3. The first kappa shape index (κ1) is 14.5. The van der Waals surface area contributed by atoms with Crippen LogP contribution in [0.5, 0.6) is 0 Å². The molecular formula is C14H24N2S. The number of rotatable bonds is 8. The first-order valence-corrected chi connectivity index (χ1v) is 7.63. The highest BCUT2D eigenvalue weighted by atomic mass is 32.2. The predicted octanol–water partition coefficient (Wildman–Crippen LogP) is 3.14. The third-order valence-corrected chi connectivity index (χ3v) is 5.10. The molecule has 0 radical (unpaired) electrons. The molecule has 17 heavy (non-hydrogen) atoms. The van der Waals surface area contributed by atoms with Crippen molar-refractivity contribution >= 4 is 11.8 Å². The van der Waals surface area contributed by atoms with Crippen LogP contribution in [0.2, 0.25) is 0 Å². The minimum atomic E-state index is 0.415. The summed E-state index contributed by atoms with van der Waals surface area (Å²) in [5.74, 6) is 0. The molecule has 0 aliphatic carbocycles. The van der Waals surface area contributed by atoms with Gasteiger partial charge in [0.1, 0.15) is 0 Å². The van der Waals surface area contributed by atoms with E-state index in [1.807, 2.05) is 24.2 Å². The Kier molecular flexibility index (Phi) is 6.60. The van der Waals surface area contributed by atoms with Crippen molar-refractivity contribution in [2.45, 2.75) is 37.9 Å². The highest BCUT2D eigenvalue weighted by Crippen LogP contribution is 2.29. The summed E-state index contributed by atoms with van der Waals surface area (Å²) in [5.41, 5.74) is 1.36. The van der Waals surface area contributed by atoms with Crippen molar-refractivity contribution in [2.75, 3.05) is 19.3 Å². The molecule has 0 aromatic carbocycles. The van der Waals surface area contributed by atoms with E-state index in [0.717, 1.165) is 19.5 Å². The largest absolute Gasteiger partial charge is 0.315 e. The molecule has 0 amide bonds. The number of nitrogens with one attached hydrogen (secondary N) is 1. The summed E-state index contributed by atoms with van der Waals surface area (Å²) in [6.45, 7) is 6.72. The summed E-state index contributed by atoms with van der Waals surface area (Å²) in [6.07, 6.45) is 9.48. The maximum atomic E-state index is 4.03. The number of pyridine rings is 1. The van der Waals surface area contributed by atoms with Gasteiger partial charge in [-0.05, 0) is 49.8 Å². The van der Waals surface area contributed by atoms with Crippen LogP contribution in [0.15, 0.2) is 24.5 Å². The lowest BCUT2D eigenvalue weighted by atomic mass is 10.0. The summed E-state index contributed by atoms with van der Waals surface area (Å²) in [5, 5.41) is 3.59. The first-order valence-electron chi connectivity index (χ1n) is 6.41. The number of thioether (sulfide) groups is 1. The van der Waals surface area contributed by atoms with E-state index in [2.05, 4.69) is 42.5 Å². The fourth-order valence-electron chi connectivity index (χ4n) is 1.96. The van der Waals surface area contributed by atoms with E-state index in [1.54, 1.807) is 0 Å². The fraction of sp³-hybridized carbons (Fsp3) is 0.643. The van der Waals surface area contributed by atoms with Gasteiger partial charge in [-0.15, -0.1) is 0 Å². The van der Waals surface area contributed by atoms with Gasteiger partial charge in [-0.25, -0.2) is 0 Å². The molecule has 1 aromatic rings. The molecule has 0 aliphatic heterocycles. The Morgan fingerprint density at radius 1 is 1.24 bits per heavy atom. The Labute approximate surface area is 110 Å². The minimum Gasteiger partial charge on any atom is -0.315 e. The van der Waals surface area contributed by atoms with Crippen LogP contribution in [0.1, 0.15) is 32.3 Å². The van der Waals surface area contributed by atoms with Gasteiger partial charge in [-0.3, -0.25) is 4.98 Å². The third-order valence-electron chi connectivity index (χ3n) is 3.51. The lowest BCUT2D eigenvalue weighted by Gasteiger charge is -2.30. The van der Waals surface area contributed by atoms with Crippen LogP contribution in [0.3, 0.4) is 0 Å². The summed E-state index contributed by atoms with van der Waals surface area (Å²) >= 11 is 1.99. The molecule has 1 rings (SSSR count).